The summed E-state index contributed by atoms with van der Waals surface area (Å²) in [6.45, 7) is 2.45. The van der Waals surface area contributed by atoms with Crippen molar-refractivity contribution in [2.75, 3.05) is 5.88 Å². The van der Waals surface area contributed by atoms with Crippen LogP contribution in [0.2, 0.25) is 0 Å². The van der Waals surface area contributed by atoms with Gasteiger partial charge in [0.2, 0.25) is 5.91 Å². The van der Waals surface area contributed by atoms with Crippen molar-refractivity contribution in [3.8, 4) is 0 Å². The molecule has 156 valence electrons. The molecule has 3 N–H and O–H groups in total. The van der Waals surface area contributed by atoms with Gasteiger partial charge in [0.15, 0.2) is 6.10 Å². The Hall–Kier alpha value is -2.42. The summed E-state index contributed by atoms with van der Waals surface area (Å²) in [6, 6.07) is 12.9. The summed E-state index contributed by atoms with van der Waals surface area (Å²) in [4.78, 5) is 32.9. The molecule has 1 unspecified atom stereocenters. The number of pyridine rings is 1. The minimum absolute atomic E-state index is 0.0560. The number of thioether (sulfide) groups is 1. The van der Waals surface area contributed by atoms with E-state index in [2.05, 4.69) is 4.98 Å². The summed E-state index contributed by atoms with van der Waals surface area (Å²) < 4.78 is 0. The van der Waals surface area contributed by atoms with Crippen molar-refractivity contribution in [1.29, 1.82) is 0 Å². The number of nitrogens with two attached hydrogens (primary N) is 1. The summed E-state index contributed by atoms with van der Waals surface area (Å²) in [5, 5.41) is 10.9. The third-order valence-corrected chi connectivity index (χ3v) is 8.15. The second-order valence-electron chi connectivity index (χ2n) is 8.50. The molecule has 3 heterocycles. The van der Waals surface area contributed by atoms with Crippen LogP contribution in [0.4, 0.5) is 0 Å². The highest BCUT2D eigenvalue weighted by Crippen LogP contribution is 2.54. The topological polar surface area (TPSA) is 99.8 Å². The van der Waals surface area contributed by atoms with Gasteiger partial charge in [0, 0.05) is 24.9 Å². The zero-order chi connectivity index (χ0) is 21.1. The van der Waals surface area contributed by atoms with Crippen LogP contribution in [0.15, 0.2) is 54.9 Å². The van der Waals surface area contributed by atoms with E-state index in [0.717, 1.165) is 11.1 Å². The van der Waals surface area contributed by atoms with E-state index in [4.69, 9.17) is 5.73 Å². The first-order chi connectivity index (χ1) is 14.4. The summed E-state index contributed by atoms with van der Waals surface area (Å²) >= 11 is 1.55. The van der Waals surface area contributed by atoms with E-state index in [1.807, 2.05) is 49.4 Å². The van der Waals surface area contributed by atoms with E-state index in [0.29, 0.717) is 18.8 Å². The number of rotatable bonds is 5. The van der Waals surface area contributed by atoms with Crippen LogP contribution >= 0.6 is 11.8 Å². The molecule has 2 aromatic rings. The zero-order valence-corrected chi connectivity index (χ0v) is 17.5. The molecule has 30 heavy (non-hydrogen) atoms. The number of aliphatic hydroxyl groups is 1. The SMILES string of the molecule is CC12SCN(C(=O)[C@@H](O)[C@@]3(N)C[C@H]3c3ccccc3)[C@@H]1C(=O)N2Cc1ccncc1. The van der Waals surface area contributed by atoms with Gasteiger partial charge < -0.3 is 20.6 Å². The van der Waals surface area contributed by atoms with Crippen LogP contribution in [0.1, 0.15) is 30.4 Å². The number of nitrogens with zero attached hydrogens (tertiary/aromatic N) is 3. The Morgan fingerprint density at radius 2 is 2.00 bits per heavy atom. The molecule has 3 aliphatic rings. The average Bonchev–Trinajstić information content (AvgIpc) is 3.37. The molecule has 5 rings (SSSR count). The Labute approximate surface area is 179 Å². The molecule has 5 atom stereocenters. The van der Waals surface area contributed by atoms with Gasteiger partial charge in [0.25, 0.3) is 5.91 Å². The van der Waals surface area contributed by atoms with E-state index >= 15 is 0 Å². The molecule has 0 bridgehead atoms. The van der Waals surface area contributed by atoms with Crippen molar-refractivity contribution >= 4 is 23.6 Å². The summed E-state index contributed by atoms with van der Waals surface area (Å²) in [7, 11) is 0. The van der Waals surface area contributed by atoms with Gasteiger partial charge in [-0.3, -0.25) is 14.6 Å². The molecule has 0 spiro atoms. The normalized spacial score (nSPS) is 33.1. The van der Waals surface area contributed by atoms with Crippen molar-refractivity contribution in [3.05, 3.63) is 66.0 Å². The number of carbonyl (C=O) groups is 2. The lowest BCUT2D eigenvalue weighted by molar-refractivity contribution is -0.168. The van der Waals surface area contributed by atoms with Gasteiger partial charge >= 0.3 is 0 Å². The highest BCUT2D eigenvalue weighted by molar-refractivity contribution is 8.01. The number of hydrogen-bond donors (Lipinski definition) is 2. The third kappa shape index (κ3) is 2.78. The molecule has 1 aromatic carbocycles. The summed E-state index contributed by atoms with van der Waals surface area (Å²) in [5.74, 6) is -0.239. The highest BCUT2D eigenvalue weighted by Gasteiger charge is 2.67. The third-order valence-electron chi connectivity index (χ3n) is 6.72. The van der Waals surface area contributed by atoms with E-state index in [-0.39, 0.29) is 11.8 Å². The molecule has 3 fully saturated rings. The van der Waals surface area contributed by atoms with Crippen molar-refractivity contribution in [2.45, 2.75) is 48.4 Å². The first kappa shape index (κ1) is 19.5. The van der Waals surface area contributed by atoms with Crippen LogP contribution in [0.5, 0.6) is 0 Å². The molecule has 2 aliphatic heterocycles. The van der Waals surface area contributed by atoms with E-state index in [1.54, 1.807) is 29.1 Å². The first-order valence-corrected chi connectivity index (χ1v) is 11.0. The predicted octanol–water partition coefficient (Wildman–Crippen LogP) is 1.29. The van der Waals surface area contributed by atoms with Gasteiger partial charge in [-0.2, -0.15) is 0 Å². The van der Waals surface area contributed by atoms with Crippen LogP contribution in [0.3, 0.4) is 0 Å². The zero-order valence-electron chi connectivity index (χ0n) is 16.6. The molecular formula is C22H24N4O3S. The number of fused-ring (bicyclic) bond motifs is 1. The number of aliphatic hydroxyl groups excluding tert-OH is 1. The van der Waals surface area contributed by atoms with E-state index in [1.165, 1.54) is 4.90 Å². The van der Waals surface area contributed by atoms with Gasteiger partial charge in [0.05, 0.1) is 11.4 Å². The highest BCUT2D eigenvalue weighted by atomic mass is 32.2. The summed E-state index contributed by atoms with van der Waals surface area (Å²) in [6.07, 6.45) is 2.63. The minimum Gasteiger partial charge on any atom is -0.381 e. The van der Waals surface area contributed by atoms with Gasteiger partial charge in [0.1, 0.15) is 10.9 Å². The Balaban J connectivity index is 1.30. The standard InChI is InChI=1S/C22H24N4O3S/c1-21-17(19(28)26(21)12-14-7-9-24-10-8-14)25(13-30-21)20(29)18(27)22(23)11-16(22)15-5-3-2-4-6-15/h2-10,16-18,27H,11-13,23H2,1H3/t16-,17+,18+,21?,22+/m0/s1. The molecule has 2 saturated heterocycles. The quantitative estimate of drug-likeness (QED) is 0.702. The average molecular weight is 425 g/mol. The summed E-state index contributed by atoms with van der Waals surface area (Å²) in [5.41, 5.74) is 7.46. The van der Waals surface area contributed by atoms with Gasteiger partial charge in [-0.05, 0) is 36.6 Å². The number of hydrogen-bond acceptors (Lipinski definition) is 6. The molecule has 1 saturated carbocycles. The Morgan fingerprint density at radius 3 is 2.70 bits per heavy atom. The number of likely N-dealkylation sites (tertiary alicyclic amines) is 1. The van der Waals surface area contributed by atoms with E-state index in [9.17, 15) is 14.7 Å². The van der Waals surface area contributed by atoms with Crippen LogP contribution in [-0.4, -0.2) is 60.1 Å². The van der Waals surface area contributed by atoms with Crippen molar-refractivity contribution in [3.63, 3.8) is 0 Å². The number of β-lactam (4-membered cyclic amide) rings is 1. The number of aromatic nitrogens is 1. The second kappa shape index (κ2) is 6.80. The lowest BCUT2D eigenvalue weighted by Crippen LogP contribution is -2.73. The number of amides is 2. The van der Waals surface area contributed by atoms with Crippen LogP contribution < -0.4 is 5.73 Å². The maximum atomic E-state index is 13.2. The molecular weight excluding hydrogens is 400 g/mol. The van der Waals surface area contributed by atoms with Crippen LogP contribution in [0, 0.1) is 0 Å². The molecule has 1 aromatic heterocycles. The maximum Gasteiger partial charge on any atom is 0.254 e. The molecule has 7 nitrogen and oxygen atoms in total. The largest absolute Gasteiger partial charge is 0.381 e. The molecule has 8 heteroatoms. The smallest absolute Gasteiger partial charge is 0.254 e. The molecule has 0 radical (unpaired) electrons. The van der Waals surface area contributed by atoms with Crippen molar-refractivity contribution in [2.24, 2.45) is 5.73 Å². The number of carbonyl (C=O) groups excluding carboxylic acids is 2. The van der Waals surface area contributed by atoms with Crippen molar-refractivity contribution < 1.29 is 14.7 Å². The fourth-order valence-electron chi connectivity index (χ4n) is 4.72. The van der Waals surface area contributed by atoms with Gasteiger partial charge in [-0.15, -0.1) is 11.8 Å². The van der Waals surface area contributed by atoms with Gasteiger partial charge in [-0.25, -0.2) is 0 Å². The van der Waals surface area contributed by atoms with Crippen LogP contribution in [0.25, 0.3) is 0 Å². The Kier molecular flexibility index (Phi) is 4.43. The van der Waals surface area contributed by atoms with E-state index < -0.39 is 28.5 Å². The minimum atomic E-state index is -1.33. The second-order valence-corrected chi connectivity index (χ2v) is 9.87. The predicted molar refractivity (Wildman–Crippen MR) is 113 cm³/mol. The van der Waals surface area contributed by atoms with Crippen molar-refractivity contribution in [1.82, 2.24) is 14.8 Å². The lowest BCUT2D eigenvalue weighted by atomic mass is 9.92. The fourth-order valence-corrected chi connectivity index (χ4v) is 6.10. The van der Waals surface area contributed by atoms with Gasteiger partial charge in [-0.1, -0.05) is 30.3 Å². The molecule has 2 amide bonds. The maximum absolute atomic E-state index is 13.2. The molecule has 1 aliphatic carbocycles. The monoisotopic (exact) mass is 424 g/mol. The Bertz CT molecular complexity index is 990. The fraction of sp³-hybridized carbons (Fsp3) is 0.409. The Morgan fingerprint density at radius 1 is 1.30 bits per heavy atom. The van der Waals surface area contributed by atoms with Crippen LogP contribution in [-0.2, 0) is 16.1 Å². The first-order valence-electron chi connectivity index (χ1n) is 10.0. The number of benzene rings is 1. The lowest BCUT2D eigenvalue weighted by Gasteiger charge is -2.52.